The molecule has 2 rings (SSSR count). The van der Waals surface area contributed by atoms with Crippen molar-refractivity contribution in [2.75, 3.05) is 19.6 Å². The van der Waals surface area contributed by atoms with Gasteiger partial charge in [0.05, 0.1) is 0 Å². The van der Waals surface area contributed by atoms with Crippen LogP contribution in [0.1, 0.15) is 45.4 Å². The molecule has 1 aliphatic heterocycles. The predicted octanol–water partition coefficient (Wildman–Crippen LogP) is 1.91. The number of hydrogen-bond acceptors (Lipinski definition) is 2. The van der Waals surface area contributed by atoms with E-state index in [1.54, 1.807) is 0 Å². The monoisotopic (exact) mass is 196 g/mol. The predicted molar refractivity (Wildman–Crippen MR) is 60.5 cm³/mol. The molecular weight excluding hydrogens is 172 g/mol. The minimum absolute atomic E-state index is 0.548. The molecule has 2 N–H and O–H groups in total. The van der Waals surface area contributed by atoms with Gasteiger partial charge in [0, 0.05) is 5.54 Å². The van der Waals surface area contributed by atoms with Crippen LogP contribution in [-0.2, 0) is 0 Å². The summed E-state index contributed by atoms with van der Waals surface area (Å²) in [5, 5.41) is 7.22. The van der Waals surface area contributed by atoms with Gasteiger partial charge in [-0.3, -0.25) is 0 Å². The van der Waals surface area contributed by atoms with Crippen molar-refractivity contribution in [1.29, 1.82) is 0 Å². The van der Waals surface area contributed by atoms with Gasteiger partial charge >= 0.3 is 0 Å². The van der Waals surface area contributed by atoms with Crippen LogP contribution >= 0.6 is 0 Å². The molecule has 1 aliphatic carbocycles. The highest BCUT2D eigenvalue weighted by Crippen LogP contribution is 2.34. The van der Waals surface area contributed by atoms with Crippen LogP contribution < -0.4 is 10.6 Å². The molecule has 0 aromatic heterocycles. The molecule has 1 heterocycles. The Bertz CT molecular complexity index is 164. The van der Waals surface area contributed by atoms with Crippen LogP contribution in [-0.4, -0.2) is 25.2 Å². The highest BCUT2D eigenvalue weighted by Gasteiger charge is 2.34. The Hall–Kier alpha value is -0.0800. The first kappa shape index (κ1) is 10.4. The largest absolute Gasteiger partial charge is 0.316 e. The molecule has 2 aliphatic rings. The average Bonchev–Trinajstić information content (AvgIpc) is 2.62. The zero-order chi connectivity index (χ0) is 9.86. The summed E-state index contributed by atoms with van der Waals surface area (Å²) in [5.41, 5.74) is 0.548. The van der Waals surface area contributed by atoms with Crippen molar-refractivity contribution in [3.8, 4) is 0 Å². The first-order valence-corrected chi connectivity index (χ1v) is 6.30. The number of nitrogens with one attached hydrogen (secondary N) is 2. The second kappa shape index (κ2) is 4.63. The summed E-state index contributed by atoms with van der Waals surface area (Å²) in [7, 11) is 0. The van der Waals surface area contributed by atoms with Gasteiger partial charge in [0.15, 0.2) is 0 Å². The maximum atomic E-state index is 3.78. The summed E-state index contributed by atoms with van der Waals surface area (Å²) >= 11 is 0. The zero-order valence-corrected chi connectivity index (χ0v) is 9.44. The Morgan fingerprint density at radius 2 is 2.29 bits per heavy atom. The van der Waals surface area contributed by atoms with E-state index in [4.69, 9.17) is 0 Å². The van der Waals surface area contributed by atoms with E-state index in [1.165, 1.54) is 58.2 Å². The van der Waals surface area contributed by atoms with Gasteiger partial charge in [0.1, 0.15) is 0 Å². The van der Waals surface area contributed by atoms with Crippen LogP contribution in [0.3, 0.4) is 0 Å². The van der Waals surface area contributed by atoms with Crippen molar-refractivity contribution in [2.45, 2.75) is 51.0 Å². The Balaban J connectivity index is 1.61. The maximum Gasteiger partial charge on any atom is 0.0178 e. The molecular formula is C12H24N2. The molecule has 82 valence electrons. The Morgan fingerprint density at radius 1 is 1.43 bits per heavy atom. The second-order valence-corrected chi connectivity index (χ2v) is 5.06. The molecule has 14 heavy (non-hydrogen) atoms. The van der Waals surface area contributed by atoms with Crippen LogP contribution in [0.25, 0.3) is 0 Å². The number of rotatable bonds is 5. The molecule has 0 bridgehead atoms. The van der Waals surface area contributed by atoms with E-state index in [2.05, 4.69) is 17.6 Å². The smallest absolute Gasteiger partial charge is 0.0178 e. The lowest BCUT2D eigenvalue weighted by Crippen LogP contribution is -2.50. The van der Waals surface area contributed by atoms with E-state index in [0.717, 1.165) is 5.92 Å². The maximum absolute atomic E-state index is 3.78. The van der Waals surface area contributed by atoms with Crippen LogP contribution in [0.15, 0.2) is 0 Å². The van der Waals surface area contributed by atoms with E-state index in [1.807, 2.05) is 0 Å². The summed E-state index contributed by atoms with van der Waals surface area (Å²) in [5.74, 6) is 0.941. The minimum atomic E-state index is 0.548. The fourth-order valence-corrected chi connectivity index (χ4v) is 2.76. The molecule has 2 fully saturated rings. The molecule has 1 saturated carbocycles. The van der Waals surface area contributed by atoms with Crippen LogP contribution in [0.5, 0.6) is 0 Å². The van der Waals surface area contributed by atoms with Gasteiger partial charge in [-0.1, -0.05) is 6.92 Å². The number of hydrogen-bond donors (Lipinski definition) is 2. The van der Waals surface area contributed by atoms with Crippen LogP contribution in [0, 0.1) is 5.92 Å². The van der Waals surface area contributed by atoms with Crippen molar-refractivity contribution in [3.63, 3.8) is 0 Å². The van der Waals surface area contributed by atoms with Crippen LogP contribution in [0.4, 0.5) is 0 Å². The summed E-state index contributed by atoms with van der Waals surface area (Å²) in [6, 6.07) is 0. The standard InChI is InChI=1S/C12H24N2/c1-2-12(6-3-7-12)14-9-5-11-4-8-13-10-11/h11,13-14H,2-10H2,1H3. The van der Waals surface area contributed by atoms with Gasteiger partial charge in [-0.25, -0.2) is 0 Å². The molecule has 2 heteroatoms. The van der Waals surface area contributed by atoms with E-state index in [-0.39, 0.29) is 0 Å². The van der Waals surface area contributed by atoms with Gasteiger partial charge < -0.3 is 10.6 Å². The van der Waals surface area contributed by atoms with Crippen LogP contribution in [0.2, 0.25) is 0 Å². The quantitative estimate of drug-likeness (QED) is 0.702. The fourth-order valence-electron chi connectivity index (χ4n) is 2.76. The van der Waals surface area contributed by atoms with Gasteiger partial charge in [-0.2, -0.15) is 0 Å². The first-order valence-electron chi connectivity index (χ1n) is 6.30. The molecule has 0 spiro atoms. The highest BCUT2D eigenvalue weighted by molar-refractivity contribution is 4.94. The Morgan fingerprint density at radius 3 is 2.79 bits per heavy atom. The third-order valence-corrected chi connectivity index (χ3v) is 4.20. The molecule has 1 unspecified atom stereocenters. The summed E-state index contributed by atoms with van der Waals surface area (Å²) in [6.07, 6.45) is 8.33. The van der Waals surface area contributed by atoms with E-state index < -0.39 is 0 Å². The Kier molecular flexibility index (Phi) is 3.45. The highest BCUT2D eigenvalue weighted by atomic mass is 15.0. The summed E-state index contributed by atoms with van der Waals surface area (Å²) in [6.45, 7) is 6.05. The zero-order valence-electron chi connectivity index (χ0n) is 9.44. The van der Waals surface area contributed by atoms with Gasteiger partial charge in [0.25, 0.3) is 0 Å². The third kappa shape index (κ3) is 2.29. The molecule has 1 saturated heterocycles. The second-order valence-electron chi connectivity index (χ2n) is 5.06. The van der Waals surface area contributed by atoms with E-state index in [9.17, 15) is 0 Å². The summed E-state index contributed by atoms with van der Waals surface area (Å²) in [4.78, 5) is 0. The minimum Gasteiger partial charge on any atom is -0.316 e. The topological polar surface area (TPSA) is 24.1 Å². The SMILES string of the molecule is CCC1(NCCC2CCNC2)CCC1. The van der Waals surface area contributed by atoms with E-state index >= 15 is 0 Å². The van der Waals surface area contributed by atoms with Crippen molar-refractivity contribution in [3.05, 3.63) is 0 Å². The van der Waals surface area contributed by atoms with Gasteiger partial charge in [0.2, 0.25) is 0 Å². The van der Waals surface area contributed by atoms with E-state index in [0.29, 0.717) is 5.54 Å². The van der Waals surface area contributed by atoms with Crippen molar-refractivity contribution in [2.24, 2.45) is 5.92 Å². The molecule has 0 aromatic rings. The summed E-state index contributed by atoms with van der Waals surface area (Å²) < 4.78 is 0. The Labute approximate surface area is 87.8 Å². The average molecular weight is 196 g/mol. The van der Waals surface area contributed by atoms with Crippen molar-refractivity contribution in [1.82, 2.24) is 10.6 Å². The molecule has 0 aromatic carbocycles. The normalized spacial score (nSPS) is 30.2. The first-order chi connectivity index (χ1) is 6.85. The third-order valence-electron chi connectivity index (χ3n) is 4.20. The molecule has 0 radical (unpaired) electrons. The lowest BCUT2D eigenvalue weighted by atomic mass is 9.75. The van der Waals surface area contributed by atoms with Gasteiger partial charge in [-0.15, -0.1) is 0 Å². The molecule has 1 atom stereocenters. The molecule has 0 amide bonds. The lowest BCUT2D eigenvalue weighted by Gasteiger charge is -2.42. The molecule has 2 nitrogen and oxygen atoms in total. The lowest BCUT2D eigenvalue weighted by molar-refractivity contribution is 0.174. The fraction of sp³-hybridized carbons (Fsp3) is 1.00. The van der Waals surface area contributed by atoms with Crippen molar-refractivity contribution >= 4 is 0 Å². The van der Waals surface area contributed by atoms with Gasteiger partial charge in [-0.05, 0) is 64.1 Å². The van der Waals surface area contributed by atoms with Crippen molar-refractivity contribution < 1.29 is 0 Å².